The quantitative estimate of drug-likeness (QED) is 0.124. The Kier molecular flexibility index (Phi) is 9.80. The number of carbonyl (C=O) groups is 2. The summed E-state index contributed by atoms with van der Waals surface area (Å²) in [6.07, 6.45) is -3.86. The summed E-state index contributed by atoms with van der Waals surface area (Å²) in [5.41, 5.74) is 2.16. The summed E-state index contributed by atoms with van der Waals surface area (Å²) in [6, 6.07) is 17.7. The Morgan fingerprint density at radius 1 is 1.02 bits per heavy atom. The van der Waals surface area contributed by atoms with Gasteiger partial charge in [0.1, 0.15) is 23.7 Å². The molecule has 18 heteroatoms. The van der Waals surface area contributed by atoms with E-state index in [2.05, 4.69) is 14.8 Å². The van der Waals surface area contributed by atoms with E-state index in [9.17, 15) is 44.0 Å². The van der Waals surface area contributed by atoms with E-state index in [1.165, 1.54) is 29.2 Å². The van der Waals surface area contributed by atoms with E-state index in [-0.39, 0.29) is 38.2 Å². The number of imidazole rings is 1. The number of sulfonamides is 1. The van der Waals surface area contributed by atoms with E-state index in [1.807, 2.05) is 0 Å². The van der Waals surface area contributed by atoms with Crippen molar-refractivity contribution in [3.05, 3.63) is 101 Å². The third-order valence-electron chi connectivity index (χ3n) is 9.43. The van der Waals surface area contributed by atoms with E-state index in [0.29, 0.717) is 33.3 Å². The number of nitrogens with one attached hydrogen (secondary N) is 2. The molecular formula is C35H36F4N5O7S2+. The number of aryl methyl sites for hydroxylation is 1. The van der Waals surface area contributed by atoms with Gasteiger partial charge < -0.3 is 4.84 Å². The van der Waals surface area contributed by atoms with Gasteiger partial charge in [0, 0.05) is 17.7 Å². The predicted molar refractivity (Wildman–Crippen MR) is 187 cm³/mol. The topological polar surface area (TPSA) is 156 Å². The lowest BCUT2D eigenvalue weighted by atomic mass is 9.90. The van der Waals surface area contributed by atoms with Crippen LogP contribution in [0.3, 0.4) is 0 Å². The van der Waals surface area contributed by atoms with Crippen LogP contribution in [0.1, 0.15) is 62.0 Å². The van der Waals surface area contributed by atoms with Crippen molar-refractivity contribution in [2.24, 2.45) is 0 Å². The van der Waals surface area contributed by atoms with E-state index >= 15 is 0 Å². The molecular weight excluding hydrogens is 743 g/mol. The van der Waals surface area contributed by atoms with Crippen molar-refractivity contribution in [1.82, 2.24) is 23.0 Å². The summed E-state index contributed by atoms with van der Waals surface area (Å²) < 4.78 is 108. The number of benzene rings is 3. The molecule has 0 radical (unpaired) electrons. The number of alkyl halides is 3. The summed E-state index contributed by atoms with van der Waals surface area (Å²) in [7, 11) is -9.08. The molecule has 53 heavy (non-hydrogen) atoms. The van der Waals surface area contributed by atoms with E-state index in [4.69, 9.17) is 0 Å². The molecule has 6 rings (SSSR count). The highest BCUT2D eigenvalue weighted by atomic mass is 32.2. The van der Waals surface area contributed by atoms with Crippen molar-refractivity contribution < 1.29 is 48.8 Å². The Hall–Kier alpha value is -4.65. The summed E-state index contributed by atoms with van der Waals surface area (Å²) in [5, 5.41) is -1.09. The van der Waals surface area contributed by atoms with Crippen LogP contribution in [0.2, 0.25) is 0 Å². The zero-order chi connectivity index (χ0) is 38.6. The van der Waals surface area contributed by atoms with Gasteiger partial charge in [-0.1, -0.05) is 48.5 Å². The molecule has 0 saturated carbocycles. The highest BCUT2D eigenvalue weighted by Gasteiger charge is 2.56. The van der Waals surface area contributed by atoms with Gasteiger partial charge in [0.15, 0.2) is 0 Å². The first-order chi connectivity index (χ1) is 24.7. The molecule has 2 aliphatic rings. The van der Waals surface area contributed by atoms with Gasteiger partial charge in [-0.05, 0) is 79.8 Å². The summed E-state index contributed by atoms with van der Waals surface area (Å²) in [4.78, 5) is 37.5. The molecule has 1 aromatic heterocycles. The highest BCUT2D eigenvalue weighted by Crippen LogP contribution is 2.42. The number of aromatic nitrogens is 2. The lowest BCUT2D eigenvalue weighted by Gasteiger charge is -2.42. The SMILES string of the molecule is CC(C)(C)N1C(=O)CC(c2ccc(CCC3CC(c4ccc(F)cc4)=CC[N+]3(c3nc4ccccc4[nH]3)S(=O)(=O)NOC(=O)C(F)(F)F)cc2)S1(=O)=O. The average molecular weight is 779 g/mol. The smallest absolute Gasteiger partial charge is 0.344 e. The Labute approximate surface area is 303 Å². The predicted octanol–water partition coefficient (Wildman–Crippen LogP) is 5.75. The molecule has 2 N–H and O–H groups in total. The number of H-pyrrole nitrogens is 1. The minimum absolute atomic E-state index is 0.0138. The molecule has 1 saturated heterocycles. The number of aromatic amines is 1. The zero-order valence-corrected chi connectivity index (χ0v) is 30.4. The first-order valence-corrected chi connectivity index (χ1v) is 19.4. The van der Waals surface area contributed by atoms with Crippen LogP contribution in [-0.2, 0) is 41.1 Å². The Morgan fingerprint density at radius 2 is 1.68 bits per heavy atom. The maximum Gasteiger partial charge on any atom is 0.492 e. The molecule has 2 aliphatic heterocycles. The van der Waals surface area contributed by atoms with E-state index in [0.717, 1.165) is 4.31 Å². The monoisotopic (exact) mass is 778 g/mol. The fourth-order valence-corrected chi connectivity index (χ4v) is 10.7. The van der Waals surface area contributed by atoms with Crippen molar-refractivity contribution in [1.29, 1.82) is 0 Å². The minimum Gasteiger partial charge on any atom is -0.344 e. The molecule has 3 atom stereocenters. The number of amides is 1. The molecule has 0 spiro atoms. The second-order valence-electron chi connectivity index (χ2n) is 13.9. The van der Waals surface area contributed by atoms with Crippen LogP contribution in [-0.4, -0.2) is 67.3 Å². The number of hydrogen-bond acceptors (Lipinski definition) is 8. The molecule has 0 aliphatic carbocycles. The minimum atomic E-state index is -5.49. The van der Waals surface area contributed by atoms with E-state index in [1.54, 1.807) is 75.4 Å². The van der Waals surface area contributed by atoms with Gasteiger partial charge >= 0.3 is 28.3 Å². The number of fused-ring (bicyclic) bond motifs is 1. The number of carbonyl (C=O) groups excluding carboxylic acids is 2. The number of para-hydroxylation sites is 2. The van der Waals surface area contributed by atoms with Crippen LogP contribution >= 0.6 is 0 Å². The van der Waals surface area contributed by atoms with Crippen LogP contribution in [0, 0.1) is 5.82 Å². The first-order valence-electron chi connectivity index (χ1n) is 16.5. The molecule has 282 valence electrons. The summed E-state index contributed by atoms with van der Waals surface area (Å²) >= 11 is 0. The second kappa shape index (κ2) is 13.6. The molecule has 3 aromatic carbocycles. The van der Waals surface area contributed by atoms with Crippen LogP contribution in [0.15, 0.2) is 78.9 Å². The van der Waals surface area contributed by atoms with Crippen molar-refractivity contribution in [3.63, 3.8) is 0 Å². The lowest BCUT2D eigenvalue weighted by Crippen LogP contribution is -2.66. The van der Waals surface area contributed by atoms with Gasteiger partial charge in [-0.25, -0.2) is 21.9 Å². The molecule has 1 fully saturated rings. The van der Waals surface area contributed by atoms with E-state index < -0.39 is 64.8 Å². The van der Waals surface area contributed by atoms with Gasteiger partial charge in [0.25, 0.3) is 0 Å². The zero-order valence-electron chi connectivity index (χ0n) is 28.7. The molecule has 4 aromatic rings. The maximum atomic E-state index is 14.3. The second-order valence-corrected chi connectivity index (χ2v) is 17.7. The Balaban J connectivity index is 1.38. The number of nitrogens with zero attached hydrogens (tertiary/aromatic N) is 3. The molecule has 12 nitrogen and oxygen atoms in total. The van der Waals surface area contributed by atoms with Crippen molar-refractivity contribution in [2.45, 2.75) is 69.5 Å². The molecule has 3 unspecified atom stereocenters. The van der Waals surface area contributed by atoms with Gasteiger partial charge in [0.2, 0.25) is 15.9 Å². The van der Waals surface area contributed by atoms with Gasteiger partial charge in [-0.3, -0.25) is 9.78 Å². The number of halogens is 4. The van der Waals surface area contributed by atoms with Crippen LogP contribution in [0.25, 0.3) is 16.6 Å². The molecule has 0 bridgehead atoms. The summed E-state index contributed by atoms with van der Waals surface area (Å²) in [6.45, 7) is 4.52. The van der Waals surface area contributed by atoms with Gasteiger partial charge in [0.05, 0.1) is 23.0 Å². The number of rotatable bonds is 9. The lowest BCUT2D eigenvalue weighted by molar-refractivity contribution is -0.203. The molecule has 1 amide bonds. The van der Waals surface area contributed by atoms with Crippen LogP contribution in [0.5, 0.6) is 0 Å². The first kappa shape index (κ1) is 38.1. The Morgan fingerprint density at radius 3 is 2.28 bits per heavy atom. The third-order valence-corrected chi connectivity index (χ3v) is 13.6. The standard InChI is InChI=1S/C35H36F4N5O7S2/c1-34(2,3)43-31(45)21-30(52(43,47)48)24-11-8-22(9-12-24)10-17-27-20-25(23-13-15-26(36)16-14-23)18-19-44(27,33-40-28-6-4-5-7-29(28)41-33)53(49,50)42-51-32(46)35(37,38)39/h4-9,11-16,18,27,30,42H,10,17,19-21H2,1-3H3,(H,40,41)/q+1. The largest absolute Gasteiger partial charge is 0.492 e. The Bertz CT molecular complexity index is 2270. The van der Waals surface area contributed by atoms with Crippen LogP contribution in [0.4, 0.5) is 23.5 Å². The van der Waals surface area contributed by atoms with Crippen LogP contribution < -0.4 is 8.77 Å². The van der Waals surface area contributed by atoms with Crippen molar-refractivity contribution in [3.8, 4) is 0 Å². The number of quaternary nitrogens is 1. The number of hydrogen-bond donors (Lipinski definition) is 2. The fraction of sp³-hybridized carbons (Fsp3) is 0.343. The third kappa shape index (κ3) is 7.19. The average Bonchev–Trinajstić information content (AvgIpc) is 3.63. The van der Waals surface area contributed by atoms with Gasteiger partial charge in [-0.2, -0.15) is 26.6 Å². The van der Waals surface area contributed by atoms with Crippen molar-refractivity contribution >= 4 is 54.7 Å². The highest BCUT2D eigenvalue weighted by molar-refractivity contribution is 7.90. The molecule has 3 heterocycles. The normalized spacial score (nSPS) is 22.2. The van der Waals surface area contributed by atoms with Crippen molar-refractivity contribution in [2.75, 3.05) is 6.54 Å². The van der Waals surface area contributed by atoms with Gasteiger partial charge in [-0.15, -0.1) is 3.89 Å². The summed E-state index contributed by atoms with van der Waals surface area (Å²) in [5.74, 6) is -3.92. The maximum absolute atomic E-state index is 14.3. The fourth-order valence-electron chi connectivity index (χ4n) is 6.98.